The van der Waals surface area contributed by atoms with Crippen LogP contribution in [0.3, 0.4) is 0 Å². The molecular weight excluding hydrogens is 247 g/mol. The van der Waals surface area contributed by atoms with Crippen LogP contribution < -0.4 is 11.1 Å². The second kappa shape index (κ2) is 6.89. The molecule has 92 valence electrons. The van der Waals surface area contributed by atoms with Gasteiger partial charge in [0.2, 0.25) is 0 Å². The Morgan fingerprint density at radius 1 is 1.25 bits per heavy atom. The molecule has 2 rings (SSSR count). The Balaban J connectivity index is 0.00000112. The van der Waals surface area contributed by atoms with Crippen molar-refractivity contribution in [1.29, 1.82) is 0 Å². The molecule has 0 bridgehead atoms. The first-order valence-corrected chi connectivity index (χ1v) is 5.08. The largest absolute Gasteiger partial charge is 0.382 e. The molecule has 3 N–H and O–H groups in total. The van der Waals surface area contributed by atoms with E-state index in [1.807, 2.05) is 6.07 Å². The van der Waals surface area contributed by atoms with E-state index < -0.39 is 0 Å². The van der Waals surface area contributed by atoms with E-state index >= 15 is 0 Å². The number of piperidine rings is 1. The summed E-state index contributed by atoms with van der Waals surface area (Å²) in [6, 6.07) is 1.91. The van der Waals surface area contributed by atoms with Gasteiger partial charge in [0.1, 0.15) is 5.82 Å². The van der Waals surface area contributed by atoms with Crippen molar-refractivity contribution in [2.45, 2.75) is 25.7 Å². The first-order chi connectivity index (χ1) is 6.77. The lowest BCUT2D eigenvalue weighted by Crippen LogP contribution is -2.27. The number of nitrogens with two attached hydrogens (primary N) is 1. The van der Waals surface area contributed by atoms with Gasteiger partial charge in [0.05, 0.1) is 5.69 Å². The zero-order chi connectivity index (χ0) is 9.97. The highest BCUT2D eigenvalue weighted by atomic mass is 35.5. The monoisotopic (exact) mass is 264 g/mol. The maximum absolute atomic E-state index is 5.57. The van der Waals surface area contributed by atoms with Gasteiger partial charge >= 0.3 is 0 Å². The van der Waals surface area contributed by atoms with Crippen LogP contribution in [0.1, 0.15) is 30.0 Å². The number of nitrogen functional groups attached to an aromatic ring is 1. The average molecular weight is 265 g/mol. The van der Waals surface area contributed by atoms with Gasteiger partial charge in [-0.2, -0.15) is 5.10 Å². The topological polar surface area (TPSA) is 63.8 Å². The molecule has 6 heteroatoms. The lowest BCUT2D eigenvalue weighted by Gasteiger charge is -2.22. The van der Waals surface area contributed by atoms with E-state index in [2.05, 4.69) is 22.4 Å². The van der Waals surface area contributed by atoms with Gasteiger partial charge in [-0.05, 0) is 44.5 Å². The van der Waals surface area contributed by atoms with Crippen molar-refractivity contribution in [2.24, 2.45) is 0 Å². The maximum Gasteiger partial charge on any atom is 0.146 e. The zero-order valence-electron chi connectivity index (χ0n) is 9.27. The molecule has 0 aromatic carbocycles. The first-order valence-electron chi connectivity index (χ1n) is 5.08. The number of nitrogens with one attached hydrogen (secondary N) is 1. The molecule has 1 fully saturated rings. The zero-order valence-corrected chi connectivity index (χ0v) is 10.9. The minimum Gasteiger partial charge on any atom is -0.382 e. The number of hydrogen-bond donors (Lipinski definition) is 2. The van der Waals surface area contributed by atoms with E-state index in [9.17, 15) is 0 Å². The first kappa shape index (κ1) is 15.4. The van der Waals surface area contributed by atoms with Gasteiger partial charge in [-0.3, -0.25) is 0 Å². The van der Waals surface area contributed by atoms with Crippen molar-refractivity contribution in [3.8, 4) is 0 Å². The van der Waals surface area contributed by atoms with E-state index in [-0.39, 0.29) is 24.8 Å². The van der Waals surface area contributed by atoms with E-state index in [0.717, 1.165) is 31.6 Å². The summed E-state index contributed by atoms with van der Waals surface area (Å²) in [5.74, 6) is 1.07. The summed E-state index contributed by atoms with van der Waals surface area (Å²) in [7, 11) is 0. The van der Waals surface area contributed by atoms with E-state index in [1.165, 1.54) is 5.56 Å². The van der Waals surface area contributed by atoms with Gasteiger partial charge < -0.3 is 11.1 Å². The summed E-state index contributed by atoms with van der Waals surface area (Å²) in [5.41, 5.74) is 7.87. The van der Waals surface area contributed by atoms with Crippen molar-refractivity contribution < 1.29 is 0 Å². The maximum atomic E-state index is 5.57. The Kier molecular flexibility index (Phi) is 6.64. The molecule has 0 unspecified atom stereocenters. The molecule has 1 aliphatic rings. The highest BCUT2D eigenvalue weighted by molar-refractivity contribution is 5.85. The SMILES string of the molecule is Cc1cc(N)nnc1C1CCNCC1.Cl.Cl. The van der Waals surface area contributed by atoms with Crippen LogP contribution in [0, 0.1) is 6.92 Å². The van der Waals surface area contributed by atoms with Gasteiger partial charge in [-0.25, -0.2) is 0 Å². The summed E-state index contributed by atoms with van der Waals surface area (Å²) in [4.78, 5) is 0. The normalized spacial score (nSPS) is 16.1. The molecule has 0 saturated carbocycles. The fourth-order valence-electron chi connectivity index (χ4n) is 2.01. The second-order valence-corrected chi connectivity index (χ2v) is 3.86. The third kappa shape index (κ3) is 3.47. The number of aromatic nitrogens is 2. The molecular formula is C10H18Cl2N4. The Hall–Kier alpha value is -0.580. The Labute approximate surface area is 108 Å². The van der Waals surface area contributed by atoms with Crippen molar-refractivity contribution in [1.82, 2.24) is 15.5 Å². The standard InChI is InChI=1S/C10H16N4.2ClH/c1-7-6-9(11)13-14-10(7)8-2-4-12-5-3-8;;/h6,8,12H,2-5H2,1H3,(H2,11,13);2*1H. The van der Waals surface area contributed by atoms with E-state index in [0.29, 0.717) is 11.7 Å². The minimum absolute atomic E-state index is 0. The third-order valence-electron chi connectivity index (χ3n) is 2.77. The second-order valence-electron chi connectivity index (χ2n) is 3.86. The van der Waals surface area contributed by atoms with E-state index in [4.69, 9.17) is 5.73 Å². The Bertz CT molecular complexity index is 327. The summed E-state index contributed by atoms with van der Waals surface area (Å²) in [6.07, 6.45) is 2.30. The van der Waals surface area contributed by atoms with Crippen molar-refractivity contribution >= 4 is 30.6 Å². The number of hydrogen-bond acceptors (Lipinski definition) is 4. The van der Waals surface area contributed by atoms with Crippen molar-refractivity contribution in [3.63, 3.8) is 0 Å². The van der Waals surface area contributed by atoms with Crippen LogP contribution in [0.2, 0.25) is 0 Å². The summed E-state index contributed by atoms with van der Waals surface area (Å²) in [6.45, 7) is 4.22. The number of anilines is 1. The highest BCUT2D eigenvalue weighted by Gasteiger charge is 2.18. The number of halogens is 2. The lowest BCUT2D eigenvalue weighted by atomic mass is 9.92. The molecule has 0 radical (unpaired) electrons. The van der Waals surface area contributed by atoms with Crippen molar-refractivity contribution in [3.05, 3.63) is 17.3 Å². The molecule has 0 atom stereocenters. The molecule has 4 nitrogen and oxygen atoms in total. The third-order valence-corrected chi connectivity index (χ3v) is 2.77. The van der Waals surface area contributed by atoms with Crippen LogP contribution in [-0.2, 0) is 0 Å². The Morgan fingerprint density at radius 2 is 1.88 bits per heavy atom. The van der Waals surface area contributed by atoms with Crippen LogP contribution in [0.4, 0.5) is 5.82 Å². The summed E-state index contributed by atoms with van der Waals surface area (Å²) < 4.78 is 0. The van der Waals surface area contributed by atoms with Gasteiger partial charge in [0, 0.05) is 5.92 Å². The van der Waals surface area contributed by atoms with Gasteiger partial charge in [-0.1, -0.05) is 0 Å². The molecule has 16 heavy (non-hydrogen) atoms. The number of rotatable bonds is 1. The highest BCUT2D eigenvalue weighted by Crippen LogP contribution is 2.25. The molecule has 1 saturated heterocycles. The predicted molar refractivity (Wildman–Crippen MR) is 70.5 cm³/mol. The minimum atomic E-state index is 0. The smallest absolute Gasteiger partial charge is 0.146 e. The molecule has 1 aromatic rings. The quantitative estimate of drug-likeness (QED) is 0.810. The molecule has 0 amide bonds. The van der Waals surface area contributed by atoms with Gasteiger partial charge in [-0.15, -0.1) is 29.9 Å². The lowest BCUT2D eigenvalue weighted by molar-refractivity contribution is 0.449. The number of aryl methyl sites for hydroxylation is 1. The molecule has 0 spiro atoms. The van der Waals surface area contributed by atoms with Crippen LogP contribution in [0.15, 0.2) is 6.07 Å². The molecule has 1 aliphatic heterocycles. The van der Waals surface area contributed by atoms with Gasteiger partial charge in [0.25, 0.3) is 0 Å². The van der Waals surface area contributed by atoms with Crippen LogP contribution >= 0.6 is 24.8 Å². The van der Waals surface area contributed by atoms with Crippen LogP contribution in [0.25, 0.3) is 0 Å². The number of nitrogens with zero attached hydrogens (tertiary/aromatic N) is 2. The fraction of sp³-hybridized carbons (Fsp3) is 0.600. The molecule has 2 heterocycles. The van der Waals surface area contributed by atoms with E-state index in [1.54, 1.807) is 0 Å². The fourth-order valence-corrected chi connectivity index (χ4v) is 2.01. The average Bonchev–Trinajstić information content (AvgIpc) is 2.19. The predicted octanol–water partition coefficient (Wildman–Crippen LogP) is 1.68. The van der Waals surface area contributed by atoms with Crippen molar-refractivity contribution in [2.75, 3.05) is 18.8 Å². The summed E-state index contributed by atoms with van der Waals surface area (Å²) in [5, 5.41) is 11.5. The molecule has 1 aromatic heterocycles. The van der Waals surface area contributed by atoms with Crippen LogP contribution in [-0.4, -0.2) is 23.3 Å². The Morgan fingerprint density at radius 3 is 2.44 bits per heavy atom. The van der Waals surface area contributed by atoms with Crippen LogP contribution in [0.5, 0.6) is 0 Å². The molecule has 0 aliphatic carbocycles. The summed E-state index contributed by atoms with van der Waals surface area (Å²) >= 11 is 0. The van der Waals surface area contributed by atoms with Gasteiger partial charge in [0.15, 0.2) is 0 Å².